The van der Waals surface area contributed by atoms with Gasteiger partial charge in [0.1, 0.15) is 0 Å². The molecular weight excluding hydrogens is 148 g/mol. The summed E-state index contributed by atoms with van der Waals surface area (Å²) in [6.07, 6.45) is 7.20. The zero-order valence-corrected chi connectivity index (χ0v) is 7.76. The van der Waals surface area contributed by atoms with E-state index in [1.807, 2.05) is 0 Å². The van der Waals surface area contributed by atoms with Gasteiger partial charge in [-0.15, -0.1) is 13.2 Å². The first kappa shape index (κ1) is 9.53. The average molecular weight is 169 g/mol. The summed E-state index contributed by atoms with van der Waals surface area (Å²) < 4.78 is 6.99. The predicted octanol–water partition coefficient (Wildman–Crippen LogP) is 3.06. The summed E-state index contributed by atoms with van der Waals surface area (Å²) in [4.78, 5) is 0. The van der Waals surface area contributed by atoms with Gasteiger partial charge in [-0.3, -0.25) is 0 Å². The topological polar surface area (TPSA) is 20.2 Å². The van der Waals surface area contributed by atoms with Gasteiger partial charge >= 0.3 is 0 Å². The van der Waals surface area contributed by atoms with Gasteiger partial charge in [-0.05, 0) is 19.3 Å². The molecule has 0 amide bonds. The van der Waals surface area contributed by atoms with E-state index in [1.165, 1.54) is 0 Å². The number of unbranched alkanes of at least 4 members (excludes halogenated alkanes) is 1. The first-order valence-electron chi connectivity index (χ1n) is 5.12. The quantitative estimate of drug-likeness (QED) is 0.459. The lowest BCUT2D eigenvalue weighted by Crippen LogP contribution is -2.26. The molecule has 0 aromatic heterocycles. The Morgan fingerprint density at radius 1 is 1.42 bits per heavy atom. The van der Waals surface area contributed by atoms with E-state index in [-0.39, 0.29) is 0 Å². The van der Waals surface area contributed by atoms with Crippen molar-refractivity contribution in [1.82, 2.24) is 0 Å². The van der Waals surface area contributed by atoms with Crippen LogP contribution in [0.1, 0.15) is 40.4 Å². The highest BCUT2D eigenvalue weighted by molar-refractivity contribution is 4.91. The summed E-state index contributed by atoms with van der Waals surface area (Å²) in [7, 11) is 0. The van der Waals surface area contributed by atoms with Crippen LogP contribution in [0.2, 0.25) is 0 Å². The van der Waals surface area contributed by atoms with E-state index in [4.69, 9.17) is 1.37 Å². The normalized spacial score (nSPS) is 12.2. The molecule has 12 heavy (non-hydrogen) atoms. The highest BCUT2D eigenvalue weighted by Crippen LogP contribution is 2.23. The molecule has 70 valence electrons. The summed E-state index contributed by atoms with van der Waals surface area (Å²) in [6, 6.07) is 0. The van der Waals surface area contributed by atoms with Crippen LogP contribution >= 0.6 is 0 Å². The third kappa shape index (κ3) is 4.35. The minimum absolute atomic E-state index is 0.443. The van der Waals surface area contributed by atoms with Crippen molar-refractivity contribution in [2.24, 2.45) is 0 Å². The minimum atomic E-state index is -0.668. The summed E-state index contributed by atoms with van der Waals surface area (Å²) in [5.41, 5.74) is -0.668. The lowest BCUT2D eigenvalue weighted by atomic mass is 9.90. The molecule has 0 aliphatic carbocycles. The number of rotatable bonds is 7. The molecule has 0 saturated carbocycles. The average Bonchev–Trinajstić information content (AvgIpc) is 2.05. The van der Waals surface area contributed by atoms with Crippen LogP contribution in [0.25, 0.3) is 0 Å². The maximum Gasteiger partial charge on any atom is 0.0716 e. The van der Waals surface area contributed by atoms with E-state index in [9.17, 15) is 5.11 Å². The van der Waals surface area contributed by atoms with Crippen molar-refractivity contribution >= 4 is 0 Å². The zero-order valence-electron chi connectivity index (χ0n) is 8.76. The molecule has 0 spiro atoms. The number of aliphatic hydroxyl groups is 1. The van der Waals surface area contributed by atoms with Crippen LogP contribution in [-0.2, 0) is 0 Å². The Hall–Kier alpha value is -0.560. The predicted molar refractivity (Wildman–Crippen MR) is 54.1 cm³/mol. The number of hydrogen-bond acceptors (Lipinski definition) is 1. The Bertz CT molecular complexity index is 144. The van der Waals surface area contributed by atoms with Gasteiger partial charge in [-0.2, -0.15) is 0 Å². The smallest absolute Gasteiger partial charge is 0.0716 e. The third-order valence-electron chi connectivity index (χ3n) is 1.94. The van der Waals surface area contributed by atoms with E-state index >= 15 is 0 Å². The van der Waals surface area contributed by atoms with E-state index in [0.29, 0.717) is 19.7 Å². The monoisotopic (exact) mass is 169 g/mol. The summed E-state index contributed by atoms with van der Waals surface area (Å²) in [6.45, 7) is 7.69. The highest BCUT2D eigenvalue weighted by atomic mass is 16.3. The Labute approximate surface area is 77.2 Å². The van der Waals surface area contributed by atoms with Crippen LogP contribution in [0.15, 0.2) is 25.3 Å². The molecule has 1 heteroatoms. The van der Waals surface area contributed by atoms with Gasteiger partial charge in [0.25, 0.3) is 0 Å². The first-order valence-corrected chi connectivity index (χ1v) is 4.42. The molecule has 0 saturated heterocycles. The van der Waals surface area contributed by atoms with Crippen molar-refractivity contribution in [1.29, 1.82) is 0 Å². The fraction of sp³-hybridized carbons (Fsp3) is 0.636. The van der Waals surface area contributed by atoms with Gasteiger partial charge in [-0.25, -0.2) is 0 Å². The fourth-order valence-electron chi connectivity index (χ4n) is 1.28. The maximum atomic E-state index is 10.0. The molecule has 0 radical (unpaired) electrons. The Kier molecular flexibility index (Phi) is 4.77. The molecule has 0 bridgehead atoms. The molecule has 0 aromatic rings. The third-order valence-corrected chi connectivity index (χ3v) is 1.94. The molecule has 0 aliphatic rings. The molecule has 0 heterocycles. The molecule has 1 nitrogen and oxygen atoms in total. The molecular formula is C11H20O. The van der Waals surface area contributed by atoms with Crippen molar-refractivity contribution < 1.29 is 6.48 Å². The van der Waals surface area contributed by atoms with Crippen LogP contribution in [0.3, 0.4) is 0 Å². The second-order valence-electron chi connectivity index (χ2n) is 3.17. The van der Waals surface area contributed by atoms with Crippen molar-refractivity contribution in [3.8, 4) is 0 Å². The second-order valence-corrected chi connectivity index (χ2v) is 3.17. The minimum Gasteiger partial charge on any atom is -0.389 e. The SMILES string of the molecule is [2H]CCCCC(O)(CC=C)CC=C. The molecule has 0 unspecified atom stereocenters. The first-order chi connectivity index (χ1) is 6.18. The van der Waals surface area contributed by atoms with E-state index in [0.717, 1.165) is 19.3 Å². The highest BCUT2D eigenvalue weighted by Gasteiger charge is 2.22. The second kappa shape index (κ2) is 6.01. The van der Waals surface area contributed by atoms with Crippen LogP contribution in [0.5, 0.6) is 0 Å². The molecule has 0 fully saturated rings. The molecule has 0 rings (SSSR count). The maximum absolute atomic E-state index is 10.0. The van der Waals surface area contributed by atoms with Crippen molar-refractivity contribution in [3.63, 3.8) is 0 Å². The van der Waals surface area contributed by atoms with Crippen LogP contribution in [-0.4, -0.2) is 10.7 Å². The van der Waals surface area contributed by atoms with Crippen molar-refractivity contribution in [2.75, 3.05) is 0 Å². The number of hydrogen-bond donors (Lipinski definition) is 1. The van der Waals surface area contributed by atoms with Gasteiger partial charge in [0.15, 0.2) is 0 Å². The van der Waals surface area contributed by atoms with Crippen molar-refractivity contribution in [2.45, 2.75) is 44.6 Å². The Morgan fingerprint density at radius 2 is 2.00 bits per heavy atom. The fourth-order valence-corrected chi connectivity index (χ4v) is 1.28. The van der Waals surface area contributed by atoms with E-state index < -0.39 is 5.60 Å². The van der Waals surface area contributed by atoms with Gasteiger partial charge in [-0.1, -0.05) is 31.9 Å². The Morgan fingerprint density at radius 3 is 2.42 bits per heavy atom. The van der Waals surface area contributed by atoms with Gasteiger partial charge < -0.3 is 5.11 Å². The van der Waals surface area contributed by atoms with E-state index in [2.05, 4.69) is 13.2 Å². The summed E-state index contributed by atoms with van der Waals surface area (Å²) >= 11 is 0. The lowest BCUT2D eigenvalue weighted by molar-refractivity contribution is 0.0352. The van der Waals surface area contributed by atoms with Crippen molar-refractivity contribution in [3.05, 3.63) is 25.3 Å². The summed E-state index contributed by atoms with van der Waals surface area (Å²) in [5.74, 6) is 0. The molecule has 0 aromatic carbocycles. The standard InChI is InChI=1S/C11H20O/c1-4-7-10-11(12,8-5-2)9-6-3/h5-6,12H,2-4,7-10H2,1H3/i1D. The van der Waals surface area contributed by atoms with Gasteiger partial charge in [0.2, 0.25) is 0 Å². The zero-order chi connectivity index (χ0) is 10.2. The molecule has 1 N–H and O–H groups in total. The van der Waals surface area contributed by atoms with Crippen LogP contribution in [0, 0.1) is 0 Å². The van der Waals surface area contributed by atoms with E-state index in [1.54, 1.807) is 12.2 Å². The molecule has 0 aliphatic heterocycles. The lowest BCUT2D eigenvalue weighted by Gasteiger charge is -2.25. The molecule has 0 atom stereocenters. The van der Waals surface area contributed by atoms with Gasteiger partial charge in [0, 0.05) is 1.37 Å². The van der Waals surface area contributed by atoms with Crippen LogP contribution in [0.4, 0.5) is 0 Å². The Balaban J connectivity index is 3.90. The van der Waals surface area contributed by atoms with Gasteiger partial charge in [0.05, 0.1) is 5.60 Å². The van der Waals surface area contributed by atoms with Crippen LogP contribution < -0.4 is 0 Å². The summed E-state index contributed by atoms with van der Waals surface area (Å²) in [5, 5.41) is 10.0. The largest absolute Gasteiger partial charge is 0.389 e.